The summed E-state index contributed by atoms with van der Waals surface area (Å²) in [5, 5.41) is 13.6. The van der Waals surface area contributed by atoms with Gasteiger partial charge in [-0.3, -0.25) is 4.79 Å². The van der Waals surface area contributed by atoms with Crippen molar-refractivity contribution in [3.05, 3.63) is 40.7 Å². The molecule has 7 nitrogen and oxygen atoms in total. The summed E-state index contributed by atoms with van der Waals surface area (Å²) in [5.74, 6) is 0.708. The molecule has 8 heteroatoms. The summed E-state index contributed by atoms with van der Waals surface area (Å²) in [6, 6.07) is 8.39. The third-order valence-corrected chi connectivity index (χ3v) is 6.59. The first-order valence-corrected chi connectivity index (χ1v) is 10.7. The van der Waals surface area contributed by atoms with E-state index in [4.69, 9.17) is 17.3 Å². The van der Waals surface area contributed by atoms with E-state index in [-0.39, 0.29) is 17.9 Å². The predicted octanol–water partition coefficient (Wildman–Crippen LogP) is 1.70. The molecule has 1 aliphatic carbocycles. The quantitative estimate of drug-likeness (QED) is 0.794. The SMILES string of the molecule is NC(=O)C1CC[NH+]([C@@H](c2ccc(Cl)cc2)c2nnnn2C2CCCCC2)CC1. The highest BCUT2D eigenvalue weighted by Crippen LogP contribution is 2.30. The molecule has 2 heterocycles. The van der Waals surface area contributed by atoms with Crippen molar-refractivity contribution in [3.8, 4) is 0 Å². The van der Waals surface area contributed by atoms with Gasteiger partial charge in [-0.2, -0.15) is 0 Å². The normalized spacial score (nSPS) is 24.8. The number of benzene rings is 1. The van der Waals surface area contributed by atoms with Crippen molar-refractivity contribution in [3.63, 3.8) is 0 Å². The lowest BCUT2D eigenvalue weighted by Crippen LogP contribution is -3.13. The van der Waals surface area contributed by atoms with Gasteiger partial charge in [-0.05, 0) is 35.4 Å². The van der Waals surface area contributed by atoms with E-state index in [1.807, 2.05) is 12.1 Å². The predicted molar refractivity (Wildman–Crippen MR) is 106 cm³/mol. The first-order valence-electron chi connectivity index (χ1n) is 10.3. The number of amides is 1. The van der Waals surface area contributed by atoms with Crippen molar-refractivity contribution in [1.29, 1.82) is 0 Å². The van der Waals surface area contributed by atoms with E-state index < -0.39 is 0 Å². The number of piperidine rings is 1. The van der Waals surface area contributed by atoms with Crippen LogP contribution in [0.4, 0.5) is 0 Å². The summed E-state index contributed by atoms with van der Waals surface area (Å²) in [7, 11) is 0. The monoisotopic (exact) mass is 403 g/mol. The molecule has 1 aromatic carbocycles. The number of rotatable bonds is 5. The Bertz CT molecular complexity index is 793. The number of aromatic nitrogens is 4. The molecule has 1 aliphatic heterocycles. The summed E-state index contributed by atoms with van der Waals surface area (Å²) in [5.41, 5.74) is 6.69. The molecular weight excluding hydrogens is 376 g/mol. The van der Waals surface area contributed by atoms with Crippen LogP contribution >= 0.6 is 11.6 Å². The molecule has 0 radical (unpaired) electrons. The molecule has 1 atom stereocenters. The number of quaternary nitrogens is 1. The average Bonchev–Trinajstić information content (AvgIpc) is 3.20. The molecule has 1 amide bonds. The third kappa shape index (κ3) is 4.05. The highest BCUT2D eigenvalue weighted by Gasteiger charge is 2.37. The molecule has 0 bridgehead atoms. The van der Waals surface area contributed by atoms with Crippen LogP contribution in [0.25, 0.3) is 0 Å². The van der Waals surface area contributed by atoms with Gasteiger partial charge < -0.3 is 10.6 Å². The average molecular weight is 404 g/mol. The molecule has 1 aromatic heterocycles. The van der Waals surface area contributed by atoms with Crippen molar-refractivity contribution >= 4 is 17.5 Å². The molecule has 2 fully saturated rings. The molecular formula is C20H28ClN6O+. The fourth-order valence-electron chi connectivity index (χ4n) is 4.76. The van der Waals surface area contributed by atoms with Crippen molar-refractivity contribution in [1.82, 2.24) is 20.2 Å². The summed E-state index contributed by atoms with van der Waals surface area (Å²) in [4.78, 5) is 13.0. The van der Waals surface area contributed by atoms with E-state index in [0.717, 1.165) is 55.2 Å². The Morgan fingerprint density at radius 3 is 2.43 bits per heavy atom. The van der Waals surface area contributed by atoms with E-state index in [2.05, 4.69) is 32.3 Å². The zero-order valence-corrected chi connectivity index (χ0v) is 16.8. The molecule has 4 rings (SSSR count). The van der Waals surface area contributed by atoms with E-state index >= 15 is 0 Å². The van der Waals surface area contributed by atoms with Crippen LogP contribution in [0.1, 0.15) is 68.4 Å². The molecule has 0 spiro atoms. The second kappa shape index (κ2) is 8.57. The maximum atomic E-state index is 11.6. The molecule has 28 heavy (non-hydrogen) atoms. The van der Waals surface area contributed by atoms with E-state index in [1.54, 1.807) is 0 Å². The molecule has 1 saturated carbocycles. The Labute approximate surface area is 170 Å². The number of hydrogen-bond donors (Lipinski definition) is 2. The smallest absolute Gasteiger partial charge is 0.220 e. The molecule has 2 aromatic rings. The van der Waals surface area contributed by atoms with Crippen LogP contribution in [0.3, 0.4) is 0 Å². The minimum absolute atomic E-state index is 0.0241. The van der Waals surface area contributed by atoms with Gasteiger partial charge in [0.05, 0.1) is 19.1 Å². The molecule has 3 N–H and O–H groups in total. The van der Waals surface area contributed by atoms with Gasteiger partial charge >= 0.3 is 0 Å². The Kier molecular flexibility index (Phi) is 5.92. The van der Waals surface area contributed by atoms with Crippen LogP contribution < -0.4 is 10.6 Å². The van der Waals surface area contributed by atoms with Gasteiger partial charge in [-0.15, -0.1) is 5.10 Å². The number of nitrogens with zero attached hydrogens (tertiary/aromatic N) is 4. The highest BCUT2D eigenvalue weighted by molar-refractivity contribution is 6.30. The van der Waals surface area contributed by atoms with Crippen LogP contribution in [-0.4, -0.2) is 39.2 Å². The van der Waals surface area contributed by atoms with Crippen LogP contribution in [0, 0.1) is 5.92 Å². The topological polar surface area (TPSA) is 91.1 Å². The Hall–Kier alpha value is -1.99. The second-order valence-electron chi connectivity index (χ2n) is 8.09. The van der Waals surface area contributed by atoms with Gasteiger partial charge in [-0.25, -0.2) is 4.68 Å². The summed E-state index contributed by atoms with van der Waals surface area (Å²) in [6.07, 6.45) is 7.62. The minimum Gasteiger partial charge on any atom is -0.369 e. The van der Waals surface area contributed by atoms with E-state index in [0.29, 0.717) is 6.04 Å². The third-order valence-electron chi connectivity index (χ3n) is 6.34. The van der Waals surface area contributed by atoms with Gasteiger partial charge in [0.1, 0.15) is 0 Å². The number of likely N-dealkylation sites (tertiary alicyclic amines) is 1. The maximum absolute atomic E-state index is 11.6. The van der Waals surface area contributed by atoms with Crippen molar-refractivity contribution < 1.29 is 9.69 Å². The van der Waals surface area contributed by atoms with Gasteiger partial charge in [0.25, 0.3) is 0 Å². The van der Waals surface area contributed by atoms with Crippen molar-refractivity contribution in [2.45, 2.75) is 57.0 Å². The van der Waals surface area contributed by atoms with Crippen LogP contribution in [0.5, 0.6) is 0 Å². The van der Waals surface area contributed by atoms with Gasteiger partial charge in [0.15, 0.2) is 6.04 Å². The Morgan fingerprint density at radius 1 is 1.11 bits per heavy atom. The lowest BCUT2D eigenvalue weighted by atomic mass is 9.92. The molecule has 2 aliphatic rings. The number of hydrogen-bond acceptors (Lipinski definition) is 4. The summed E-state index contributed by atoms with van der Waals surface area (Å²) >= 11 is 6.13. The minimum atomic E-state index is -0.186. The first kappa shape index (κ1) is 19.3. The van der Waals surface area contributed by atoms with E-state index in [9.17, 15) is 4.79 Å². The highest BCUT2D eigenvalue weighted by atomic mass is 35.5. The number of carbonyl (C=O) groups excluding carboxylic acids is 1. The van der Waals surface area contributed by atoms with Crippen LogP contribution in [0.15, 0.2) is 24.3 Å². The molecule has 0 unspecified atom stereocenters. The fourth-order valence-corrected chi connectivity index (χ4v) is 4.89. The van der Waals surface area contributed by atoms with Crippen molar-refractivity contribution in [2.75, 3.05) is 13.1 Å². The summed E-state index contributed by atoms with van der Waals surface area (Å²) in [6.45, 7) is 1.75. The van der Waals surface area contributed by atoms with Crippen LogP contribution in [-0.2, 0) is 4.79 Å². The first-order chi connectivity index (χ1) is 13.6. The second-order valence-corrected chi connectivity index (χ2v) is 8.53. The standard InChI is InChI=1S/C20H27ClN6O/c21-16-8-6-14(7-9-16)18(26-12-10-15(11-13-26)19(22)28)20-23-24-25-27(20)17-4-2-1-3-5-17/h6-9,15,17-18H,1-5,10-13H2,(H2,22,28)/p+1/t18-/m0/s1. The number of nitrogens with two attached hydrogens (primary N) is 1. The van der Waals surface area contributed by atoms with E-state index in [1.165, 1.54) is 24.2 Å². The summed E-state index contributed by atoms with van der Waals surface area (Å²) < 4.78 is 2.06. The Morgan fingerprint density at radius 2 is 1.79 bits per heavy atom. The largest absolute Gasteiger partial charge is 0.369 e. The van der Waals surface area contributed by atoms with Crippen molar-refractivity contribution in [2.24, 2.45) is 11.7 Å². The number of carbonyl (C=O) groups is 1. The van der Waals surface area contributed by atoms with Gasteiger partial charge in [-0.1, -0.05) is 43.0 Å². The lowest BCUT2D eigenvalue weighted by molar-refractivity contribution is -0.931. The molecule has 1 saturated heterocycles. The lowest BCUT2D eigenvalue weighted by Gasteiger charge is -2.34. The number of nitrogens with one attached hydrogen (secondary N) is 1. The molecule has 150 valence electrons. The van der Waals surface area contributed by atoms with Gasteiger partial charge in [0.2, 0.25) is 11.7 Å². The Balaban J connectivity index is 1.65. The number of tetrazole rings is 1. The number of halogens is 1. The maximum Gasteiger partial charge on any atom is 0.220 e. The zero-order valence-electron chi connectivity index (χ0n) is 16.1. The zero-order chi connectivity index (χ0) is 19.5. The van der Waals surface area contributed by atoms with Crippen LogP contribution in [0.2, 0.25) is 5.02 Å². The number of primary amides is 1. The fraction of sp³-hybridized carbons (Fsp3) is 0.600. The van der Waals surface area contributed by atoms with Gasteiger partial charge in [0, 0.05) is 29.3 Å².